The van der Waals surface area contributed by atoms with Gasteiger partial charge in [-0.15, -0.1) is 0 Å². The van der Waals surface area contributed by atoms with Gasteiger partial charge in [-0.3, -0.25) is 4.90 Å². The molecule has 13 heavy (non-hydrogen) atoms. The Bertz CT molecular complexity index is 161. The van der Waals surface area contributed by atoms with Gasteiger partial charge in [-0.05, 0) is 27.8 Å². The lowest BCUT2D eigenvalue weighted by Gasteiger charge is -2.46. The van der Waals surface area contributed by atoms with E-state index in [1.807, 2.05) is 0 Å². The van der Waals surface area contributed by atoms with Gasteiger partial charge in [-0.2, -0.15) is 0 Å². The van der Waals surface area contributed by atoms with Crippen LogP contribution in [0.1, 0.15) is 20.8 Å². The molecule has 0 radical (unpaired) electrons. The van der Waals surface area contributed by atoms with Crippen molar-refractivity contribution in [2.45, 2.75) is 38.9 Å². The first-order chi connectivity index (χ1) is 6.06. The highest BCUT2D eigenvalue weighted by atomic mass is 16.3. The molecule has 0 amide bonds. The van der Waals surface area contributed by atoms with E-state index >= 15 is 0 Å². The molecule has 1 aliphatic rings. The van der Waals surface area contributed by atoms with Crippen LogP contribution in [-0.4, -0.2) is 59.8 Å². The number of likely N-dealkylation sites (N-methyl/N-ethyl adjacent to an activating group) is 1. The molecule has 0 bridgehead atoms. The molecule has 0 aliphatic carbocycles. The highest BCUT2D eigenvalue weighted by Gasteiger charge is 2.31. The molecule has 1 aliphatic heterocycles. The smallest absolute Gasteiger partial charge is 0.0599 e. The number of piperazine rings is 1. The molecule has 2 atom stereocenters. The van der Waals surface area contributed by atoms with Crippen molar-refractivity contribution in [2.75, 3.05) is 26.7 Å². The molecule has 3 nitrogen and oxygen atoms in total. The Labute approximate surface area is 81.3 Å². The predicted octanol–water partition coefficient (Wildman–Crippen LogP) is 0.392. The highest BCUT2D eigenvalue weighted by Crippen LogP contribution is 2.17. The Morgan fingerprint density at radius 2 is 2.00 bits per heavy atom. The van der Waals surface area contributed by atoms with Crippen molar-refractivity contribution in [3.05, 3.63) is 0 Å². The predicted molar refractivity (Wildman–Crippen MR) is 54.8 cm³/mol. The zero-order valence-electron chi connectivity index (χ0n) is 9.20. The van der Waals surface area contributed by atoms with Crippen molar-refractivity contribution in [3.8, 4) is 0 Å². The molecule has 2 unspecified atom stereocenters. The van der Waals surface area contributed by atoms with Gasteiger partial charge in [0, 0.05) is 31.2 Å². The van der Waals surface area contributed by atoms with Gasteiger partial charge in [0.2, 0.25) is 0 Å². The molecule has 3 heteroatoms. The summed E-state index contributed by atoms with van der Waals surface area (Å²) in [5, 5.41) is 9.28. The number of aliphatic hydroxyl groups excluding tert-OH is 1. The van der Waals surface area contributed by atoms with Gasteiger partial charge in [-0.1, -0.05) is 0 Å². The van der Waals surface area contributed by atoms with Crippen LogP contribution in [0.2, 0.25) is 0 Å². The second kappa shape index (κ2) is 4.40. The van der Waals surface area contributed by atoms with Gasteiger partial charge in [-0.25, -0.2) is 0 Å². The zero-order valence-corrected chi connectivity index (χ0v) is 9.20. The van der Waals surface area contributed by atoms with E-state index in [9.17, 15) is 5.11 Å². The Balaban J connectivity index is 2.66. The molecule has 1 rings (SSSR count). The molecule has 0 saturated carbocycles. The van der Waals surface area contributed by atoms with Crippen LogP contribution in [0.4, 0.5) is 0 Å². The van der Waals surface area contributed by atoms with E-state index in [4.69, 9.17) is 0 Å². The van der Waals surface area contributed by atoms with Crippen LogP contribution in [0.5, 0.6) is 0 Å². The zero-order chi connectivity index (χ0) is 10.0. The summed E-state index contributed by atoms with van der Waals surface area (Å²) >= 11 is 0. The van der Waals surface area contributed by atoms with Crippen molar-refractivity contribution in [1.82, 2.24) is 9.80 Å². The molecule has 1 fully saturated rings. The molecule has 0 aromatic carbocycles. The summed E-state index contributed by atoms with van der Waals surface area (Å²) in [5.74, 6) is 0. The van der Waals surface area contributed by atoms with E-state index in [0.717, 1.165) is 13.1 Å². The summed E-state index contributed by atoms with van der Waals surface area (Å²) < 4.78 is 0. The minimum Gasteiger partial charge on any atom is -0.395 e. The summed E-state index contributed by atoms with van der Waals surface area (Å²) in [7, 11) is 2.12. The summed E-state index contributed by atoms with van der Waals surface area (Å²) in [6.45, 7) is 8.99. The van der Waals surface area contributed by atoms with Crippen LogP contribution in [0.15, 0.2) is 0 Å². The molecule has 0 spiro atoms. The number of rotatable bonds is 2. The van der Waals surface area contributed by atoms with Crippen LogP contribution in [0.25, 0.3) is 0 Å². The van der Waals surface area contributed by atoms with Gasteiger partial charge < -0.3 is 10.0 Å². The van der Waals surface area contributed by atoms with E-state index < -0.39 is 0 Å². The van der Waals surface area contributed by atoms with Crippen LogP contribution in [0, 0.1) is 0 Å². The first-order valence-electron chi connectivity index (χ1n) is 5.13. The van der Waals surface area contributed by atoms with Gasteiger partial charge in [0.05, 0.1) is 6.61 Å². The Kier molecular flexibility index (Phi) is 3.71. The van der Waals surface area contributed by atoms with Gasteiger partial charge in [0.1, 0.15) is 0 Å². The number of hydrogen-bond acceptors (Lipinski definition) is 3. The lowest BCUT2D eigenvalue weighted by Crippen LogP contribution is -2.60. The van der Waals surface area contributed by atoms with Crippen LogP contribution in [0.3, 0.4) is 0 Å². The molecule has 78 valence electrons. The molecular weight excluding hydrogens is 164 g/mol. The first-order valence-corrected chi connectivity index (χ1v) is 5.13. The Morgan fingerprint density at radius 1 is 1.38 bits per heavy atom. The quantitative estimate of drug-likeness (QED) is 0.676. The highest BCUT2D eigenvalue weighted by molar-refractivity contribution is 4.87. The normalized spacial score (nSPS) is 32.8. The summed E-state index contributed by atoms with van der Waals surface area (Å²) in [4.78, 5) is 4.71. The van der Waals surface area contributed by atoms with E-state index in [1.165, 1.54) is 0 Å². The van der Waals surface area contributed by atoms with Crippen molar-refractivity contribution < 1.29 is 5.11 Å². The fraction of sp³-hybridized carbons (Fsp3) is 1.00. The third-order valence-electron chi connectivity index (χ3n) is 2.84. The van der Waals surface area contributed by atoms with E-state index in [-0.39, 0.29) is 6.61 Å². The second-order valence-corrected chi connectivity index (χ2v) is 4.45. The minimum atomic E-state index is 0.271. The van der Waals surface area contributed by atoms with Crippen molar-refractivity contribution in [1.29, 1.82) is 0 Å². The minimum absolute atomic E-state index is 0.271. The standard InChI is InChI=1S/C10H22N2O/c1-8(2)12-9(3)5-11(4)6-10(12)7-13/h8-10,13H,5-7H2,1-4H3. The summed E-state index contributed by atoms with van der Waals surface area (Å²) in [5.41, 5.74) is 0. The van der Waals surface area contributed by atoms with Gasteiger partial charge in [0.25, 0.3) is 0 Å². The summed E-state index contributed by atoms with van der Waals surface area (Å²) in [6.07, 6.45) is 0. The number of aliphatic hydroxyl groups is 1. The molecule has 0 aromatic rings. The molecule has 1 saturated heterocycles. The van der Waals surface area contributed by atoms with Crippen LogP contribution >= 0.6 is 0 Å². The van der Waals surface area contributed by atoms with Crippen molar-refractivity contribution >= 4 is 0 Å². The fourth-order valence-electron chi connectivity index (χ4n) is 2.52. The van der Waals surface area contributed by atoms with Crippen molar-refractivity contribution in [2.24, 2.45) is 0 Å². The van der Waals surface area contributed by atoms with E-state index in [0.29, 0.717) is 18.1 Å². The van der Waals surface area contributed by atoms with Crippen LogP contribution < -0.4 is 0 Å². The third kappa shape index (κ3) is 2.42. The maximum atomic E-state index is 9.28. The molecular formula is C10H22N2O. The largest absolute Gasteiger partial charge is 0.395 e. The summed E-state index contributed by atoms with van der Waals surface area (Å²) in [6, 6.07) is 1.39. The lowest BCUT2D eigenvalue weighted by molar-refractivity contribution is -0.00610. The molecule has 0 aromatic heterocycles. The average Bonchev–Trinajstić information content (AvgIpc) is 2.01. The fourth-order valence-corrected chi connectivity index (χ4v) is 2.52. The van der Waals surface area contributed by atoms with Gasteiger partial charge >= 0.3 is 0 Å². The number of nitrogens with zero attached hydrogens (tertiary/aromatic N) is 2. The SMILES string of the molecule is CC(C)N1C(C)CN(C)CC1CO. The molecule has 1 N–H and O–H groups in total. The Morgan fingerprint density at radius 3 is 2.46 bits per heavy atom. The second-order valence-electron chi connectivity index (χ2n) is 4.45. The average molecular weight is 186 g/mol. The Hall–Kier alpha value is -0.120. The van der Waals surface area contributed by atoms with Crippen molar-refractivity contribution in [3.63, 3.8) is 0 Å². The monoisotopic (exact) mass is 186 g/mol. The first kappa shape index (κ1) is 11.0. The maximum Gasteiger partial charge on any atom is 0.0599 e. The molecule has 1 heterocycles. The van der Waals surface area contributed by atoms with Gasteiger partial charge in [0.15, 0.2) is 0 Å². The lowest BCUT2D eigenvalue weighted by atomic mass is 10.1. The topological polar surface area (TPSA) is 26.7 Å². The maximum absolute atomic E-state index is 9.28. The van der Waals surface area contributed by atoms with E-state index in [2.05, 4.69) is 37.6 Å². The number of hydrogen-bond donors (Lipinski definition) is 1. The van der Waals surface area contributed by atoms with E-state index in [1.54, 1.807) is 0 Å². The van der Waals surface area contributed by atoms with Crippen LogP contribution in [-0.2, 0) is 0 Å². The third-order valence-corrected chi connectivity index (χ3v) is 2.84.